The number of hydrogen-bond donors (Lipinski definition) is 2. The fraction of sp³-hybridized carbons (Fsp3) is 0.471. The van der Waals surface area contributed by atoms with E-state index in [4.69, 9.17) is 21.7 Å². The lowest BCUT2D eigenvalue weighted by Gasteiger charge is -2.21. The number of aliphatic hydroxyl groups is 1. The maximum atomic E-state index is 8.85. The van der Waals surface area contributed by atoms with E-state index in [1.165, 1.54) is 29.8 Å². The Morgan fingerprint density at radius 1 is 1.23 bits per heavy atom. The predicted molar refractivity (Wildman–Crippen MR) is 96.3 cm³/mol. The number of aryl methyl sites for hydroxylation is 1. The third-order valence-corrected chi connectivity index (χ3v) is 5.21. The first kappa shape index (κ1) is 15.9. The molecule has 1 aromatic carbocycles. The van der Waals surface area contributed by atoms with Gasteiger partial charge in [-0.3, -0.25) is 4.98 Å². The van der Waals surface area contributed by atoms with E-state index >= 15 is 0 Å². The number of aromatic nitrogens is 1. The molecule has 1 heterocycles. The molecular weight excluding hydrogens is 316 g/mol. The third-order valence-electron chi connectivity index (χ3n) is 4.01. The molecule has 1 aromatic heterocycles. The highest BCUT2D eigenvalue weighted by atomic mass is 35.5. The van der Waals surface area contributed by atoms with E-state index in [-0.39, 0.29) is 6.61 Å². The van der Waals surface area contributed by atoms with Crippen LogP contribution in [0.25, 0.3) is 10.9 Å². The molecule has 0 amide bonds. The van der Waals surface area contributed by atoms with Crippen LogP contribution in [-0.4, -0.2) is 34.7 Å². The molecule has 0 radical (unpaired) electrons. The Morgan fingerprint density at radius 2 is 2.09 bits per heavy atom. The van der Waals surface area contributed by atoms with Crippen molar-refractivity contribution in [2.75, 3.05) is 30.0 Å². The Labute approximate surface area is 140 Å². The number of hydrogen-bond acceptors (Lipinski definition) is 4. The average Bonchev–Trinajstić information content (AvgIpc) is 2.53. The summed E-state index contributed by atoms with van der Waals surface area (Å²) in [6, 6.07) is 5.96. The largest absolute Gasteiger partial charge is 0.396 e. The van der Waals surface area contributed by atoms with Crippen LogP contribution in [-0.2, 0) is 12.8 Å². The number of nitrogens with zero attached hydrogens (tertiary/aromatic N) is 1. The molecule has 5 heteroatoms. The maximum Gasteiger partial charge on any atom is 0.0741 e. The normalized spacial score (nSPS) is 14.1. The molecule has 0 fully saturated rings. The highest BCUT2D eigenvalue weighted by molar-refractivity contribution is 7.99. The van der Waals surface area contributed by atoms with Gasteiger partial charge >= 0.3 is 0 Å². The summed E-state index contributed by atoms with van der Waals surface area (Å²) in [6.45, 7) is 1.15. The molecule has 0 aliphatic heterocycles. The Hall–Kier alpha value is -0.970. The summed E-state index contributed by atoms with van der Waals surface area (Å²) in [5, 5.41) is 14.4. The highest BCUT2D eigenvalue weighted by Gasteiger charge is 2.18. The molecule has 0 bridgehead atoms. The van der Waals surface area contributed by atoms with E-state index in [0.29, 0.717) is 0 Å². The molecule has 2 N–H and O–H groups in total. The predicted octanol–water partition coefficient (Wildman–Crippen LogP) is 3.90. The molecule has 3 nitrogen and oxygen atoms in total. The second-order valence-electron chi connectivity index (χ2n) is 5.54. The van der Waals surface area contributed by atoms with Gasteiger partial charge in [-0.05, 0) is 49.4 Å². The first-order valence-corrected chi connectivity index (χ1v) is 9.36. The van der Waals surface area contributed by atoms with Crippen molar-refractivity contribution >= 4 is 40.0 Å². The van der Waals surface area contributed by atoms with Gasteiger partial charge in [-0.1, -0.05) is 11.6 Å². The van der Waals surface area contributed by atoms with Crippen LogP contribution in [0.5, 0.6) is 0 Å². The van der Waals surface area contributed by atoms with Gasteiger partial charge in [0.2, 0.25) is 0 Å². The van der Waals surface area contributed by atoms with E-state index in [0.717, 1.165) is 46.8 Å². The summed E-state index contributed by atoms with van der Waals surface area (Å²) in [6.07, 6.45) is 4.62. The lowest BCUT2D eigenvalue weighted by Crippen LogP contribution is -2.13. The first-order chi connectivity index (χ1) is 10.8. The molecule has 0 spiro atoms. The van der Waals surface area contributed by atoms with E-state index in [1.807, 2.05) is 12.1 Å². The van der Waals surface area contributed by atoms with Crippen molar-refractivity contribution in [3.8, 4) is 0 Å². The SMILES string of the molecule is OCCSCCNc1c2c(nc3cc(Cl)ccc13)CCCC2. The highest BCUT2D eigenvalue weighted by Crippen LogP contribution is 2.34. The minimum absolute atomic E-state index is 0.247. The van der Waals surface area contributed by atoms with Crippen molar-refractivity contribution in [1.82, 2.24) is 4.98 Å². The number of fused-ring (bicyclic) bond motifs is 2. The zero-order valence-corrected chi connectivity index (χ0v) is 14.1. The molecule has 0 saturated heterocycles. The summed E-state index contributed by atoms with van der Waals surface area (Å²) in [5.41, 5.74) is 4.83. The number of thioether (sulfide) groups is 1. The Bertz CT molecular complexity index is 663. The van der Waals surface area contributed by atoms with Crippen LogP contribution in [0.2, 0.25) is 5.02 Å². The molecule has 0 atom stereocenters. The molecule has 1 aliphatic carbocycles. The topological polar surface area (TPSA) is 45.1 Å². The van der Waals surface area contributed by atoms with Gasteiger partial charge in [-0.2, -0.15) is 11.8 Å². The summed E-state index contributed by atoms with van der Waals surface area (Å²) < 4.78 is 0. The third kappa shape index (κ3) is 3.50. The lowest BCUT2D eigenvalue weighted by molar-refractivity contribution is 0.322. The fourth-order valence-corrected chi connectivity index (χ4v) is 3.76. The smallest absolute Gasteiger partial charge is 0.0741 e. The number of rotatable bonds is 6. The van der Waals surface area contributed by atoms with E-state index < -0.39 is 0 Å². The van der Waals surface area contributed by atoms with Gasteiger partial charge in [0.25, 0.3) is 0 Å². The zero-order chi connectivity index (χ0) is 15.4. The van der Waals surface area contributed by atoms with Gasteiger partial charge in [0.05, 0.1) is 12.1 Å². The molecule has 22 heavy (non-hydrogen) atoms. The Morgan fingerprint density at radius 3 is 2.95 bits per heavy atom. The molecule has 118 valence electrons. The Balaban J connectivity index is 1.91. The molecule has 1 aliphatic rings. The quantitative estimate of drug-likeness (QED) is 0.785. The lowest BCUT2D eigenvalue weighted by atomic mass is 9.92. The van der Waals surface area contributed by atoms with Crippen molar-refractivity contribution in [2.45, 2.75) is 25.7 Å². The molecule has 2 aromatic rings. The molecular formula is C17H21ClN2OS. The molecule has 0 unspecified atom stereocenters. The first-order valence-electron chi connectivity index (χ1n) is 7.83. The number of benzene rings is 1. The van der Waals surface area contributed by atoms with Crippen LogP contribution < -0.4 is 5.32 Å². The van der Waals surface area contributed by atoms with Gasteiger partial charge in [-0.25, -0.2) is 0 Å². The van der Waals surface area contributed by atoms with Crippen LogP contribution in [0.1, 0.15) is 24.1 Å². The number of anilines is 1. The summed E-state index contributed by atoms with van der Waals surface area (Å²) in [4.78, 5) is 4.83. The van der Waals surface area contributed by atoms with E-state index in [2.05, 4.69) is 11.4 Å². The summed E-state index contributed by atoms with van der Waals surface area (Å²) >= 11 is 7.90. The number of aliphatic hydroxyl groups excluding tert-OH is 1. The van der Waals surface area contributed by atoms with Gasteiger partial charge in [0, 0.05) is 39.8 Å². The van der Waals surface area contributed by atoms with E-state index in [1.54, 1.807) is 11.8 Å². The fourth-order valence-electron chi connectivity index (χ4n) is 3.02. The van der Waals surface area contributed by atoms with Gasteiger partial charge in [-0.15, -0.1) is 0 Å². The van der Waals surface area contributed by atoms with Crippen molar-refractivity contribution in [2.24, 2.45) is 0 Å². The average molecular weight is 337 g/mol. The molecule has 0 saturated carbocycles. The Kier molecular flexibility index (Phi) is 5.45. The van der Waals surface area contributed by atoms with Crippen LogP contribution in [0, 0.1) is 0 Å². The van der Waals surface area contributed by atoms with Crippen molar-refractivity contribution in [3.63, 3.8) is 0 Å². The van der Waals surface area contributed by atoms with Gasteiger partial charge < -0.3 is 10.4 Å². The number of halogens is 1. The van der Waals surface area contributed by atoms with Crippen molar-refractivity contribution < 1.29 is 5.11 Å². The van der Waals surface area contributed by atoms with Crippen molar-refractivity contribution in [1.29, 1.82) is 0 Å². The van der Waals surface area contributed by atoms with Crippen LogP contribution in [0.4, 0.5) is 5.69 Å². The van der Waals surface area contributed by atoms with Crippen LogP contribution in [0.15, 0.2) is 18.2 Å². The standard InChI is InChI=1S/C17H21ClN2OS/c18-12-5-6-14-16(11-12)20-15-4-2-1-3-13(15)17(14)19-7-9-22-10-8-21/h5-6,11,21H,1-4,7-10H2,(H,19,20). The van der Waals surface area contributed by atoms with Gasteiger partial charge in [0.1, 0.15) is 0 Å². The van der Waals surface area contributed by atoms with Crippen molar-refractivity contribution in [3.05, 3.63) is 34.5 Å². The van der Waals surface area contributed by atoms with Gasteiger partial charge in [0.15, 0.2) is 0 Å². The second-order valence-corrected chi connectivity index (χ2v) is 7.20. The number of pyridine rings is 1. The zero-order valence-electron chi connectivity index (χ0n) is 12.6. The van der Waals surface area contributed by atoms with Crippen LogP contribution >= 0.6 is 23.4 Å². The maximum absolute atomic E-state index is 8.85. The minimum Gasteiger partial charge on any atom is -0.396 e. The molecule has 3 rings (SSSR count). The summed E-state index contributed by atoms with van der Waals surface area (Å²) in [7, 11) is 0. The minimum atomic E-state index is 0.247. The summed E-state index contributed by atoms with van der Waals surface area (Å²) in [5.74, 6) is 1.79. The van der Waals surface area contributed by atoms with E-state index in [9.17, 15) is 0 Å². The van der Waals surface area contributed by atoms with Crippen LogP contribution in [0.3, 0.4) is 0 Å². The monoisotopic (exact) mass is 336 g/mol. The number of nitrogens with one attached hydrogen (secondary N) is 1. The second kappa shape index (κ2) is 7.53.